The zero-order valence-electron chi connectivity index (χ0n) is 7.90. The van der Waals surface area contributed by atoms with Gasteiger partial charge in [-0.1, -0.05) is 0 Å². The number of pyridine rings is 1. The van der Waals surface area contributed by atoms with E-state index < -0.39 is 0 Å². The van der Waals surface area contributed by atoms with E-state index in [1.54, 1.807) is 12.1 Å². The number of nitrogens with one attached hydrogen (secondary N) is 1. The Hall–Kier alpha value is -2.04. The molecule has 15 heavy (non-hydrogen) atoms. The summed E-state index contributed by atoms with van der Waals surface area (Å²) in [6.45, 7) is 1.35. The lowest BCUT2D eigenvalue weighted by Gasteiger charge is -2.15. The van der Waals surface area contributed by atoms with Crippen LogP contribution < -0.4 is 5.32 Å². The number of fused-ring (bicyclic) bond motifs is 3. The van der Waals surface area contributed by atoms with Gasteiger partial charge in [-0.3, -0.25) is 4.79 Å². The smallest absolute Gasteiger partial charge is 0.268 e. The van der Waals surface area contributed by atoms with E-state index in [4.69, 9.17) is 0 Å². The Morgan fingerprint density at radius 2 is 2.33 bits per heavy atom. The third kappa shape index (κ3) is 1.09. The van der Waals surface area contributed by atoms with Gasteiger partial charge in [0.05, 0.1) is 6.20 Å². The van der Waals surface area contributed by atoms with Crippen LogP contribution in [-0.2, 0) is 6.54 Å². The summed E-state index contributed by atoms with van der Waals surface area (Å²) in [4.78, 5) is 15.6. The third-order valence-electron chi connectivity index (χ3n) is 2.57. The predicted octanol–water partition coefficient (Wildman–Crippen LogP) is 0.485. The molecule has 1 aliphatic heterocycles. The first-order chi connectivity index (χ1) is 7.25. The summed E-state index contributed by atoms with van der Waals surface area (Å²) in [5.74, 6) is 0.0320. The van der Waals surface area contributed by atoms with Gasteiger partial charge < -0.3 is 15.0 Å². The van der Waals surface area contributed by atoms with Crippen LogP contribution in [0.1, 0.15) is 10.5 Å². The van der Waals surface area contributed by atoms with Gasteiger partial charge in [-0.15, -0.1) is 0 Å². The first kappa shape index (κ1) is 8.28. The van der Waals surface area contributed by atoms with E-state index in [1.807, 2.05) is 4.57 Å². The molecule has 5 heteroatoms. The van der Waals surface area contributed by atoms with Crippen molar-refractivity contribution in [3.63, 3.8) is 0 Å². The van der Waals surface area contributed by atoms with Gasteiger partial charge in [0.25, 0.3) is 5.91 Å². The zero-order chi connectivity index (χ0) is 10.4. The molecule has 3 rings (SSSR count). The van der Waals surface area contributed by atoms with Gasteiger partial charge in [0.1, 0.15) is 17.1 Å². The molecular weight excluding hydrogens is 194 g/mol. The molecule has 1 aliphatic rings. The second kappa shape index (κ2) is 2.73. The van der Waals surface area contributed by atoms with E-state index in [1.165, 1.54) is 6.20 Å². The molecule has 76 valence electrons. The summed E-state index contributed by atoms with van der Waals surface area (Å²) in [6, 6.07) is 3.36. The molecule has 2 aromatic heterocycles. The molecule has 3 heterocycles. The quantitative estimate of drug-likeness (QED) is 0.654. The fourth-order valence-corrected chi connectivity index (χ4v) is 1.92. The summed E-state index contributed by atoms with van der Waals surface area (Å²) in [5.41, 5.74) is 1.35. The summed E-state index contributed by atoms with van der Waals surface area (Å²) >= 11 is 0. The van der Waals surface area contributed by atoms with Crippen molar-refractivity contribution in [2.45, 2.75) is 6.54 Å². The number of nitrogens with zero attached hydrogens (tertiary/aromatic N) is 2. The van der Waals surface area contributed by atoms with Crippen molar-refractivity contribution >= 4 is 16.9 Å². The van der Waals surface area contributed by atoms with Gasteiger partial charge >= 0.3 is 0 Å². The average Bonchev–Trinajstić information content (AvgIpc) is 2.57. The molecule has 2 aromatic rings. The maximum atomic E-state index is 11.5. The predicted molar refractivity (Wildman–Crippen MR) is 53.7 cm³/mol. The third-order valence-corrected chi connectivity index (χ3v) is 2.57. The highest BCUT2D eigenvalue weighted by atomic mass is 16.3. The molecule has 0 spiro atoms. The Morgan fingerprint density at radius 3 is 3.20 bits per heavy atom. The number of carbonyl (C=O) groups excluding carboxylic acids is 1. The van der Waals surface area contributed by atoms with Crippen LogP contribution in [0.25, 0.3) is 11.0 Å². The summed E-state index contributed by atoms with van der Waals surface area (Å²) in [5, 5.41) is 12.8. The second-order valence-electron chi connectivity index (χ2n) is 3.54. The average molecular weight is 203 g/mol. The van der Waals surface area contributed by atoms with E-state index in [2.05, 4.69) is 10.3 Å². The normalized spacial score (nSPS) is 15.1. The molecule has 5 nitrogen and oxygen atoms in total. The molecule has 0 saturated carbocycles. The van der Waals surface area contributed by atoms with Crippen molar-refractivity contribution in [3.8, 4) is 5.75 Å². The Balaban J connectivity index is 2.35. The highest BCUT2D eigenvalue weighted by Crippen LogP contribution is 2.22. The van der Waals surface area contributed by atoms with E-state index in [0.717, 1.165) is 17.6 Å². The van der Waals surface area contributed by atoms with Crippen molar-refractivity contribution < 1.29 is 9.90 Å². The van der Waals surface area contributed by atoms with Gasteiger partial charge in [-0.05, 0) is 12.1 Å². The maximum Gasteiger partial charge on any atom is 0.268 e. The number of aromatic hydroxyl groups is 1. The van der Waals surface area contributed by atoms with Crippen LogP contribution >= 0.6 is 0 Å². The summed E-state index contributed by atoms with van der Waals surface area (Å²) in [6.07, 6.45) is 1.39. The monoisotopic (exact) mass is 203 g/mol. The van der Waals surface area contributed by atoms with Crippen LogP contribution in [0.4, 0.5) is 0 Å². The molecule has 1 amide bonds. The van der Waals surface area contributed by atoms with Gasteiger partial charge in [0.15, 0.2) is 0 Å². The molecule has 0 aliphatic carbocycles. The molecular formula is C10H9N3O2. The van der Waals surface area contributed by atoms with Crippen LogP contribution in [0.15, 0.2) is 18.3 Å². The molecule has 2 N–H and O–H groups in total. The molecule has 0 aromatic carbocycles. The van der Waals surface area contributed by atoms with Crippen molar-refractivity contribution in [2.24, 2.45) is 0 Å². The number of hydrogen-bond acceptors (Lipinski definition) is 3. The van der Waals surface area contributed by atoms with E-state index >= 15 is 0 Å². The molecule has 0 saturated heterocycles. The fourth-order valence-electron chi connectivity index (χ4n) is 1.92. The number of carbonyl (C=O) groups is 1. The fraction of sp³-hybridized carbons (Fsp3) is 0.200. The number of aromatic nitrogens is 2. The Bertz CT molecular complexity index is 559. The van der Waals surface area contributed by atoms with E-state index in [-0.39, 0.29) is 11.7 Å². The Kier molecular flexibility index (Phi) is 1.50. The van der Waals surface area contributed by atoms with Crippen LogP contribution in [0, 0.1) is 0 Å². The lowest BCUT2D eigenvalue weighted by atomic mass is 10.3. The summed E-state index contributed by atoms with van der Waals surface area (Å²) < 4.78 is 1.87. The lowest BCUT2D eigenvalue weighted by Crippen LogP contribution is -2.34. The Labute approximate surface area is 85.3 Å². The van der Waals surface area contributed by atoms with E-state index in [9.17, 15) is 9.90 Å². The topological polar surface area (TPSA) is 67.2 Å². The van der Waals surface area contributed by atoms with Gasteiger partial charge in [0.2, 0.25) is 0 Å². The minimum atomic E-state index is -0.0845. The van der Waals surface area contributed by atoms with Gasteiger partial charge in [-0.25, -0.2) is 4.98 Å². The van der Waals surface area contributed by atoms with Crippen LogP contribution in [0.2, 0.25) is 0 Å². The molecule has 0 atom stereocenters. The minimum Gasteiger partial charge on any atom is -0.506 e. The van der Waals surface area contributed by atoms with Crippen LogP contribution in [-0.4, -0.2) is 27.1 Å². The van der Waals surface area contributed by atoms with Crippen molar-refractivity contribution in [1.29, 1.82) is 0 Å². The SMILES string of the molecule is O=C1NCCn2c1cc1cc(O)cnc12. The van der Waals surface area contributed by atoms with Crippen molar-refractivity contribution in [3.05, 3.63) is 24.0 Å². The molecule has 0 fully saturated rings. The first-order valence-corrected chi connectivity index (χ1v) is 4.72. The lowest BCUT2D eigenvalue weighted by molar-refractivity contribution is 0.0929. The highest BCUT2D eigenvalue weighted by Gasteiger charge is 2.19. The second-order valence-corrected chi connectivity index (χ2v) is 3.54. The van der Waals surface area contributed by atoms with Gasteiger partial charge in [-0.2, -0.15) is 0 Å². The number of amides is 1. The highest BCUT2D eigenvalue weighted by molar-refractivity contribution is 5.98. The molecule has 0 bridgehead atoms. The van der Waals surface area contributed by atoms with Crippen molar-refractivity contribution in [2.75, 3.05) is 6.54 Å². The largest absolute Gasteiger partial charge is 0.506 e. The Morgan fingerprint density at radius 1 is 1.47 bits per heavy atom. The van der Waals surface area contributed by atoms with Gasteiger partial charge in [0, 0.05) is 18.5 Å². The first-order valence-electron chi connectivity index (χ1n) is 4.72. The van der Waals surface area contributed by atoms with Crippen molar-refractivity contribution in [1.82, 2.24) is 14.9 Å². The standard InChI is InChI=1S/C10H9N3O2/c14-7-3-6-4-8-10(15)11-1-2-13(8)9(6)12-5-7/h3-5,14H,1-2H2,(H,11,15). The number of hydrogen-bond donors (Lipinski definition) is 2. The molecule has 0 radical (unpaired) electrons. The van der Waals surface area contributed by atoms with Crippen LogP contribution in [0.3, 0.4) is 0 Å². The number of rotatable bonds is 0. The van der Waals surface area contributed by atoms with Crippen LogP contribution in [0.5, 0.6) is 5.75 Å². The maximum absolute atomic E-state index is 11.5. The molecule has 0 unspecified atom stereocenters. The summed E-state index contributed by atoms with van der Waals surface area (Å²) in [7, 11) is 0. The minimum absolute atomic E-state index is 0.0845. The zero-order valence-corrected chi connectivity index (χ0v) is 7.90. The van der Waals surface area contributed by atoms with E-state index in [0.29, 0.717) is 12.2 Å².